The molecule has 1 aromatic heterocycles. The van der Waals surface area contributed by atoms with Crippen LogP contribution >= 0.6 is 0 Å². The molecule has 0 aliphatic rings. The Morgan fingerprint density at radius 2 is 1.91 bits per heavy atom. The zero-order chi connectivity index (χ0) is 15.9. The van der Waals surface area contributed by atoms with Crippen LogP contribution < -0.4 is 4.57 Å². The third-order valence-corrected chi connectivity index (χ3v) is 4.25. The highest BCUT2D eigenvalue weighted by atomic mass is 14.9. The van der Waals surface area contributed by atoms with Crippen molar-refractivity contribution in [2.45, 2.75) is 25.8 Å². The number of aliphatic imine (C=N–C) groups is 1. The molecule has 2 aromatic rings. The van der Waals surface area contributed by atoms with Gasteiger partial charge in [-0.15, -0.1) is 6.58 Å². The fourth-order valence-electron chi connectivity index (χ4n) is 2.83. The molecule has 0 amide bonds. The molecule has 2 unspecified atom stereocenters. The summed E-state index contributed by atoms with van der Waals surface area (Å²) in [4.78, 5) is 4.14. The molecule has 2 rings (SSSR count). The minimum Gasteiger partial charge on any atom is -0.293 e. The highest BCUT2D eigenvalue weighted by Crippen LogP contribution is 2.24. The van der Waals surface area contributed by atoms with Crippen LogP contribution in [0.3, 0.4) is 0 Å². The Hall–Kier alpha value is -2.22. The number of hydrogen-bond acceptors (Lipinski definition) is 1. The van der Waals surface area contributed by atoms with E-state index in [0.717, 1.165) is 12.8 Å². The first-order valence-corrected chi connectivity index (χ1v) is 7.78. The second-order valence-corrected chi connectivity index (χ2v) is 5.78. The van der Waals surface area contributed by atoms with Gasteiger partial charge in [-0.2, -0.15) is 0 Å². The average Bonchev–Trinajstić information content (AvgIpc) is 2.55. The number of nitrogens with zero attached hydrogens (tertiary/aromatic N) is 2. The van der Waals surface area contributed by atoms with Gasteiger partial charge in [-0.25, -0.2) is 4.57 Å². The summed E-state index contributed by atoms with van der Waals surface area (Å²) in [6, 6.07) is 15.1. The Morgan fingerprint density at radius 1 is 1.18 bits per heavy atom. The Labute approximate surface area is 133 Å². The number of benzene rings is 1. The van der Waals surface area contributed by atoms with Crippen molar-refractivity contribution in [1.82, 2.24) is 0 Å². The maximum Gasteiger partial charge on any atom is 0.212 e. The molecule has 2 nitrogen and oxygen atoms in total. The maximum absolute atomic E-state index is 4.14. The van der Waals surface area contributed by atoms with Crippen LogP contribution in [-0.4, -0.2) is 12.8 Å². The van der Waals surface area contributed by atoms with Crippen molar-refractivity contribution in [3.8, 4) is 11.3 Å². The van der Waals surface area contributed by atoms with Crippen LogP contribution in [0.15, 0.2) is 66.3 Å². The molecule has 2 atom stereocenters. The SMILES string of the molecule is C=CC(N=C)C(C)CCc1ccccc1-c1cccc[n+]1C. The molecule has 22 heavy (non-hydrogen) atoms. The Bertz CT molecular complexity index is 638. The third kappa shape index (κ3) is 3.70. The molecule has 0 fully saturated rings. The van der Waals surface area contributed by atoms with E-state index in [4.69, 9.17) is 0 Å². The molecule has 0 spiro atoms. The molecule has 1 heterocycles. The van der Waals surface area contributed by atoms with Gasteiger partial charge in [0.15, 0.2) is 6.20 Å². The first-order valence-electron chi connectivity index (χ1n) is 7.78. The summed E-state index contributed by atoms with van der Waals surface area (Å²) in [5.41, 5.74) is 3.93. The van der Waals surface area contributed by atoms with Crippen molar-refractivity contribution in [2.24, 2.45) is 18.0 Å². The lowest BCUT2D eigenvalue weighted by molar-refractivity contribution is -0.660. The van der Waals surface area contributed by atoms with Gasteiger partial charge < -0.3 is 0 Å². The molecular weight excluding hydrogens is 268 g/mol. The fourth-order valence-corrected chi connectivity index (χ4v) is 2.83. The second kappa shape index (κ2) is 7.69. The van der Waals surface area contributed by atoms with Gasteiger partial charge in [0.05, 0.1) is 6.04 Å². The zero-order valence-corrected chi connectivity index (χ0v) is 13.6. The summed E-state index contributed by atoms with van der Waals surface area (Å²) in [5.74, 6) is 0.451. The van der Waals surface area contributed by atoms with E-state index in [1.54, 1.807) is 0 Å². The predicted molar refractivity (Wildman–Crippen MR) is 94.1 cm³/mol. The van der Waals surface area contributed by atoms with E-state index in [2.05, 4.69) is 85.5 Å². The third-order valence-electron chi connectivity index (χ3n) is 4.25. The molecule has 2 heteroatoms. The van der Waals surface area contributed by atoms with Gasteiger partial charge in [0.2, 0.25) is 5.69 Å². The smallest absolute Gasteiger partial charge is 0.212 e. The number of aromatic nitrogens is 1. The van der Waals surface area contributed by atoms with Gasteiger partial charge >= 0.3 is 0 Å². The molecule has 0 N–H and O–H groups in total. The standard InChI is InChI=1S/C20H25N2/c1-5-19(21-3)16(2)13-14-17-10-6-7-11-18(17)20-12-8-9-15-22(20)4/h5-12,15-16,19H,1,3,13-14H2,2,4H3/q+1. The van der Waals surface area contributed by atoms with Crippen LogP contribution in [0.4, 0.5) is 0 Å². The van der Waals surface area contributed by atoms with E-state index in [1.165, 1.54) is 16.8 Å². The molecule has 0 aliphatic carbocycles. The first kappa shape index (κ1) is 16.2. The van der Waals surface area contributed by atoms with Crippen LogP contribution in [-0.2, 0) is 13.5 Å². The Kier molecular flexibility index (Phi) is 5.65. The van der Waals surface area contributed by atoms with Gasteiger partial charge in [-0.05, 0) is 43.2 Å². The first-order chi connectivity index (χ1) is 10.7. The maximum atomic E-state index is 4.14. The Morgan fingerprint density at radius 3 is 2.59 bits per heavy atom. The van der Waals surface area contributed by atoms with E-state index in [1.807, 2.05) is 6.08 Å². The summed E-state index contributed by atoms with van der Waals surface area (Å²) in [6.07, 6.45) is 6.08. The number of hydrogen-bond donors (Lipinski definition) is 0. The normalized spacial score (nSPS) is 13.4. The highest BCUT2D eigenvalue weighted by Gasteiger charge is 2.16. The van der Waals surface area contributed by atoms with Crippen LogP contribution in [0.5, 0.6) is 0 Å². The van der Waals surface area contributed by atoms with E-state index in [-0.39, 0.29) is 6.04 Å². The monoisotopic (exact) mass is 293 g/mol. The molecule has 0 bridgehead atoms. The second-order valence-electron chi connectivity index (χ2n) is 5.78. The van der Waals surface area contributed by atoms with Crippen molar-refractivity contribution >= 4 is 6.72 Å². The molecule has 0 aliphatic heterocycles. The lowest BCUT2D eigenvalue weighted by atomic mass is 9.92. The summed E-state index contributed by atoms with van der Waals surface area (Å²) in [6.45, 7) is 9.72. The highest BCUT2D eigenvalue weighted by molar-refractivity contribution is 5.61. The van der Waals surface area contributed by atoms with E-state index < -0.39 is 0 Å². The average molecular weight is 293 g/mol. The largest absolute Gasteiger partial charge is 0.293 e. The van der Waals surface area contributed by atoms with Crippen molar-refractivity contribution in [3.63, 3.8) is 0 Å². The van der Waals surface area contributed by atoms with E-state index >= 15 is 0 Å². The lowest BCUT2D eigenvalue weighted by Gasteiger charge is -2.17. The van der Waals surface area contributed by atoms with E-state index in [9.17, 15) is 0 Å². The Balaban J connectivity index is 2.21. The number of pyridine rings is 1. The quantitative estimate of drug-likeness (QED) is 0.417. The minimum absolute atomic E-state index is 0.139. The van der Waals surface area contributed by atoms with Crippen molar-refractivity contribution in [3.05, 3.63) is 66.9 Å². The summed E-state index contributed by atoms with van der Waals surface area (Å²) in [5, 5.41) is 0. The topological polar surface area (TPSA) is 16.2 Å². The van der Waals surface area contributed by atoms with Crippen LogP contribution in [0, 0.1) is 5.92 Å². The fraction of sp³-hybridized carbons (Fsp3) is 0.300. The molecule has 0 saturated carbocycles. The summed E-state index contributed by atoms with van der Waals surface area (Å²) < 4.78 is 2.17. The molecule has 0 saturated heterocycles. The molecule has 1 aromatic carbocycles. The lowest BCUT2D eigenvalue weighted by Crippen LogP contribution is -2.30. The van der Waals surface area contributed by atoms with E-state index in [0.29, 0.717) is 5.92 Å². The summed E-state index contributed by atoms with van der Waals surface area (Å²) >= 11 is 0. The van der Waals surface area contributed by atoms with Crippen LogP contribution in [0.1, 0.15) is 18.9 Å². The molecule has 0 radical (unpaired) electrons. The van der Waals surface area contributed by atoms with Gasteiger partial charge in [-0.3, -0.25) is 4.99 Å². The number of rotatable bonds is 7. The van der Waals surface area contributed by atoms with Crippen LogP contribution in [0.25, 0.3) is 11.3 Å². The van der Waals surface area contributed by atoms with Crippen molar-refractivity contribution < 1.29 is 4.57 Å². The number of aryl methyl sites for hydroxylation is 2. The summed E-state index contributed by atoms with van der Waals surface area (Å²) in [7, 11) is 2.09. The zero-order valence-electron chi connectivity index (χ0n) is 13.6. The van der Waals surface area contributed by atoms with Crippen molar-refractivity contribution in [2.75, 3.05) is 0 Å². The van der Waals surface area contributed by atoms with Crippen LogP contribution in [0.2, 0.25) is 0 Å². The molecular formula is C20H25N2+. The minimum atomic E-state index is 0.139. The van der Waals surface area contributed by atoms with Gasteiger partial charge in [0.25, 0.3) is 0 Å². The van der Waals surface area contributed by atoms with Gasteiger partial charge in [-0.1, -0.05) is 31.2 Å². The van der Waals surface area contributed by atoms with Crippen molar-refractivity contribution in [1.29, 1.82) is 0 Å². The predicted octanol–water partition coefficient (Wildman–Crippen LogP) is 4.00. The molecule has 114 valence electrons. The van der Waals surface area contributed by atoms with Gasteiger partial charge in [0.1, 0.15) is 7.05 Å². The van der Waals surface area contributed by atoms with Gasteiger partial charge in [0, 0.05) is 17.7 Å².